The zero-order chi connectivity index (χ0) is 9.26. The smallest absolute Gasteiger partial charge is 0.0842 e. The summed E-state index contributed by atoms with van der Waals surface area (Å²) in [5.74, 6) is 0. The van der Waals surface area contributed by atoms with E-state index in [9.17, 15) is 0 Å². The van der Waals surface area contributed by atoms with Crippen LogP contribution < -0.4 is 0 Å². The average molecular weight is 186 g/mol. The fourth-order valence-electron chi connectivity index (χ4n) is 1.95. The molecule has 0 saturated heterocycles. The van der Waals surface area contributed by atoms with Crippen LogP contribution in [0.4, 0.5) is 0 Å². The summed E-state index contributed by atoms with van der Waals surface area (Å²) < 4.78 is 16.4. The minimum Gasteiger partial charge on any atom is -0.379 e. The van der Waals surface area contributed by atoms with E-state index in [1.807, 2.05) is 0 Å². The Morgan fingerprint density at radius 3 is 1.31 bits per heavy atom. The Kier molecular flexibility index (Phi) is 2.86. The number of hydrogen-bond acceptors (Lipinski definition) is 3. The van der Waals surface area contributed by atoms with Gasteiger partial charge in [0, 0.05) is 14.2 Å². The van der Waals surface area contributed by atoms with Gasteiger partial charge in [0.15, 0.2) is 0 Å². The zero-order valence-corrected chi connectivity index (χ0v) is 8.36. The summed E-state index contributed by atoms with van der Waals surface area (Å²) in [5.41, 5.74) is 0. The molecular formula is C10H18O3. The van der Waals surface area contributed by atoms with Crippen LogP contribution in [0.25, 0.3) is 0 Å². The van der Waals surface area contributed by atoms with E-state index in [0.29, 0.717) is 24.4 Å². The summed E-state index contributed by atoms with van der Waals surface area (Å²) in [5, 5.41) is 0. The van der Waals surface area contributed by atoms with Crippen molar-refractivity contribution in [2.45, 2.75) is 50.1 Å². The first kappa shape index (κ1) is 9.44. The van der Waals surface area contributed by atoms with Crippen LogP contribution in [0.2, 0.25) is 0 Å². The largest absolute Gasteiger partial charge is 0.379 e. The Morgan fingerprint density at radius 2 is 1.08 bits per heavy atom. The van der Waals surface area contributed by atoms with Crippen molar-refractivity contribution in [2.24, 2.45) is 0 Å². The second-order valence-corrected chi connectivity index (χ2v) is 3.92. The van der Waals surface area contributed by atoms with Crippen LogP contribution >= 0.6 is 0 Å². The van der Waals surface area contributed by atoms with E-state index in [2.05, 4.69) is 0 Å². The van der Waals surface area contributed by atoms with Gasteiger partial charge in [-0.2, -0.15) is 0 Å². The minimum atomic E-state index is 0.327. The van der Waals surface area contributed by atoms with Gasteiger partial charge < -0.3 is 14.2 Å². The molecule has 0 bridgehead atoms. The molecule has 76 valence electrons. The number of rotatable bonds is 4. The van der Waals surface area contributed by atoms with Crippen LogP contribution in [0.15, 0.2) is 0 Å². The predicted octanol–water partition coefficient (Wildman–Crippen LogP) is 1.36. The van der Waals surface area contributed by atoms with Gasteiger partial charge in [-0.25, -0.2) is 0 Å². The lowest BCUT2D eigenvalue weighted by Gasteiger charge is -2.43. The fraction of sp³-hybridized carbons (Fsp3) is 1.00. The number of methoxy groups -OCH3 is 2. The Labute approximate surface area is 79.4 Å². The second kappa shape index (κ2) is 3.95. The minimum absolute atomic E-state index is 0.327. The maximum Gasteiger partial charge on any atom is 0.0842 e. The van der Waals surface area contributed by atoms with Gasteiger partial charge in [0.05, 0.1) is 24.4 Å². The van der Waals surface area contributed by atoms with E-state index < -0.39 is 0 Å². The lowest BCUT2D eigenvalue weighted by Crippen LogP contribution is -2.49. The molecule has 0 aliphatic heterocycles. The summed E-state index contributed by atoms with van der Waals surface area (Å²) in [4.78, 5) is 0. The normalized spacial score (nSPS) is 43.8. The van der Waals surface area contributed by atoms with Crippen LogP contribution in [-0.4, -0.2) is 38.6 Å². The van der Waals surface area contributed by atoms with Gasteiger partial charge >= 0.3 is 0 Å². The van der Waals surface area contributed by atoms with Crippen molar-refractivity contribution in [3.63, 3.8) is 0 Å². The van der Waals surface area contributed by atoms with Gasteiger partial charge in [0.1, 0.15) is 0 Å². The van der Waals surface area contributed by atoms with Crippen LogP contribution in [0.5, 0.6) is 0 Å². The first-order valence-corrected chi connectivity index (χ1v) is 5.06. The molecule has 2 aliphatic rings. The third kappa shape index (κ3) is 1.73. The molecule has 0 radical (unpaired) electrons. The molecule has 3 nitrogen and oxygen atoms in total. The van der Waals surface area contributed by atoms with Crippen molar-refractivity contribution in [3.05, 3.63) is 0 Å². The van der Waals surface area contributed by atoms with E-state index in [-0.39, 0.29) is 0 Å². The van der Waals surface area contributed by atoms with E-state index in [1.165, 1.54) is 0 Å². The summed E-state index contributed by atoms with van der Waals surface area (Å²) in [6, 6.07) is 0. The zero-order valence-electron chi connectivity index (χ0n) is 8.36. The highest BCUT2D eigenvalue weighted by Gasteiger charge is 2.39. The molecule has 2 aliphatic carbocycles. The van der Waals surface area contributed by atoms with Crippen molar-refractivity contribution in [1.29, 1.82) is 0 Å². The molecule has 2 saturated carbocycles. The summed E-state index contributed by atoms with van der Waals surface area (Å²) in [6.07, 6.45) is 5.89. The van der Waals surface area contributed by atoms with Crippen LogP contribution in [0, 0.1) is 0 Å². The average Bonchev–Trinajstić information content (AvgIpc) is 2.02. The Morgan fingerprint density at radius 1 is 0.692 bits per heavy atom. The molecule has 0 spiro atoms. The third-order valence-electron chi connectivity index (χ3n) is 3.26. The lowest BCUT2D eigenvalue weighted by atomic mass is 9.88. The van der Waals surface area contributed by atoms with Gasteiger partial charge in [-0.15, -0.1) is 0 Å². The molecule has 0 amide bonds. The predicted molar refractivity (Wildman–Crippen MR) is 48.7 cm³/mol. The molecule has 2 rings (SSSR count). The fourth-order valence-corrected chi connectivity index (χ4v) is 1.95. The maximum absolute atomic E-state index is 5.88. The molecule has 4 atom stereocenters. The second-order valence-electron chi connectivity index (χ2n) is 3.92. The molecule has 0 aromatic heterocycles. The number of hydrogen-bond donors (Lipinski definition) is 0. The summed E-state index contributed by atoms with van der Waals surface area (Å²) in [6.45, 7) is 0. The molecule has 3 heteroatoms. The van der Waals surface area contributed by atoms with Crippen molar-refractivity contribution in [3.8, 4) is 0 Å². The Bertz CT molecular complexity index is 150. The van der Waals surface area contributed by atoms with E-state index in [0.717, 1.165) is 25.7 Å². The number of ether oxygens (including phenoxy) is 3. The SMILES string of the molecule is COC1CCC1OC1CCC1OC. The standard InChI is InChI=1S/C10H18O3/c1-11-7-3-5-9(7)13-10-6-4-8(10)12-2/h7-10H,3-6H2,1-2H3. The highest BCUT2D eigenvalue weighted by molar-refractivity contribution is 4.88. The summed E-state index contributed by atoms with van der Waals surface area (Å²) >= 11 is 0. The molecule has 0 aromatic rings. The topological polar surface area (TPSA) is 27.7 Å². The van der Waals surface area contributed by atoms with Gasteiger partial charge in [-0.1, -0.05) is 0 Å². The first-order valence-electron chi connectivity index (χ1n) is 5.06. The lowest BCUT2D eigenvalue weighted by molar-refractivity contribution is -0.195. The van der Waals surface area contributed by atoms with E-state index >= 15 is 0 Å². The van der Waals surface area contributed by atoms with E-state index in [1.54, 1.807) is 14.2 Å². The van der Waals surface area contributed by atoms with Crippen molar-refractivity contribution in [1.82, 2.24) is 0 Å². The third-order valence-corrected chi connectivity index (χ3v) is 3.26. The monoisotopic (exact) mass is 186 g/mol. The molecular weight excluding hydrogens is 168 g/mol. The molecule has 0 heterocycles. The Hall–Kier alpha value is -0.120. The van der Waals surface area contributed by atoms with Crippen molar-refractivity contribution in [2.75, 3.05) is 14.2 Å². The van der Waals surface area contributed by atoms with Crippen LogP contribution in [0.3, 0.4) is 0 Å². The maximum atomic E-state index is 5.88. The van der Waals surface area contributed by atoms with Crippen molar-refractivity contribution >= 4 is 0 Å². The molecule has 2 fully saturated rings. The van der Waals surface area contributed by atoms with Gasteiger partial charge in [0.2, 0.25) is 0 Å². The molecule has 0 aromatic carbocycles. The van der Waals surface area contributed by atoms with Gasteiger partial charge in [-0.05, 0) is 25.7 Å². The van der Waals surface area contributed by atoms with E-state index in [4.69, 9.17) is 14.2 Å². The molecule has 4 unspecified atom stereocenters. The van der Waals surface area contributed by atoms with Gasteiger partial charge in [-0.3, -0.25) is 0 Å². The van der Waals surface area contributed by atoms with Crippen LogP contribution in [0.1, 0.15) is 25.7 Å². The summed E-state index contributed by atoms with van der Waals surface area (Å²) in [7, 11) is 3.52. The Balaban J connectivity index is 1.72. The highest BCUT2D eigenvalue weighted by Crippen LogP contribution is 2.33. The van der Waals surface area contributed by atoms with Crippen LogP contribution in [-0.2, 0) is 14.2 Å². The quantitative estimate of drug-likeness (QED) is 0.663. The first-order chi connectivity index (χ1) is 6.35. The highest BCUT2D eigenvalue weighted by atomic mass is 16.6. The molecule has 0 N–H and O–H groups in total. The van der Waals surface area contributed by atoms with Crippen molar-refractivity contribution < 1.29 is 14.2 Å². The van der Waals surface area contributed by atoms with Gasteiger partial charge in [0.25, 0.3) is 0 Å². The molecule has 13 heavy (non-hydrogen) atoms.